The van der Waals surface area contributed by atoms with Gasteiger partial charge in [-0.3, -0.25) is 4.98 Å². The fourth-order valence-electron chi connectivity index (χ4n) is 2.02. The summed E-state index contributed by atoms with van der Waals surface area (Å²) in [4.78, 5) is 11.3. The summed E-state index contributed by atoms with van der Waals surface area (Å²) in [6.45, 7) is 0.271. The van der Waals surface area contributed by atoms with Crippen LogP contribution >= 0.6 is 0 Å². The number of rotatable bonds is 5. The Labute approximate surface area is 134 Å². The molecule has 118 valence electrons. The van der Waals surface area contributed by atoms with Crippen molar-refractivity contribution in [2.75, 3.05) is 6.26 Å². The lowest BCUT2D eigenvalue weighted by Crippen LogP contribution is -2.01. The van der Waals surface area contributed by atoms with E-state index in [2.05, 4.69) is 15.0 Å². The normalized spacial score (nSPS) is 11.3. The standard InChI is InChI=1S/C16H15N3O3S/c1-23(20,21)15-7-4-13(18-8-15)10-22-14-5-2-12(3-6-14)16-9-17-11-19-16/h2-9,11H,10H2,1H3,(H,17,19). The number of benzene rings is 1. The smallest absolute Gasteiger partial charge is 0.177 e. The molecule has 0 unspecified atom stereocenters. The van der Waals surface area contributed by atoms with Crippen LogP contribution in [0.2, 0.25) is 0 Å². The van der Waals surface area contributed by atoms with Gasteiger partial charge in [-0.05, 0) is 42.0 Å². The highest BCUT2D eigenvalue weighted by Gasteiger charge is 2.07. The van der Waals surface area contributed by atoms with Crippen LogP contribution in [0.15, 0.2) is 60.0 Å². The van der Waals surface area contributed by atoms with Gasteiger partial charge in [0.05, 0.1) is 28.8 Å². The summed E-state index contributed by atoms with van der Waals surface area (Å²) >= 11 is 0. The monoisotopic (exact) mass is 329 g/mol. The van der Waals surface area contributed by atoms with Gasteiger partial charge in [-0.25, -0.2) is 13.4 Å². The molecule has 0 saturated carbocycles. The highest BCUT2D eigenvalue weighted by Crippen LogP contribution is 2.20. The number of aromatic nitrogens is 3. The number of sulfone groups is 1. The molecule has 0 amide bonds. The summed E-state index contributed by atoms with van der Waals surface area (Å²) in [6, 6.07) is 10.8. The van der Waals surface area contributed by atoms with Crippen LogP contribution < -0.4 is 4.74 Å². The Hall–Kier alpha value is -2.67. The maximum Gasteiger partial charge on any atom is 0.177 e. The fourth-order valence-corrected chi connectivity index (χ4v) is 2.58. The molecule has 0 saturated heterocycles. The zero-order valence-electron chi connectivity index (χ0n) is 12.4. The molecular weight excluding hydrogens is 314 g/mol. The molecule has 0 fully saturated rings. The van der Waals surface area contributed by atoms with Gasteiger partial charge in [0.15, 0.2) is 9.84 Å². The van der Waals surface area contributed by atoms with Crippen molar-refractivity contribution < 1.29 is 13.2 Å². The molecule has 23 heavy (non-hydrogen) atoms. The molecule has 1 N–H and O–H groups in total. The topological polar surface area (TPSA) is 84.9 Å². The van der Waals surface area contributed by atoms with Crippen LogP contribution in [-0.2, 0) is 16.4 Å². The molecule has 2 heterocycles. The van der Waals surface area contributed by atoms with E-state index in [9.17, 15) is 8.42 Å². The van der Waals surface area contributed by atoms with Gasteiger partial charge in [-0.15, -0.1) is 0 Å². The predicted octanol–water partition coefficient (Wildman–Crippen LogP) is 2.45. The average molecular weight is 329 g/mol. The number of nitrogens with zero attached hydrogens (tertiary/aromatic N) is 2. The van der Waals surface area contributed by atoms with Crippen LogP contribution in [0.4, 0.5) is 0 Å². The van der Waals surface area contributed by atoms with E-state index in [4.69, 9.17) is 4.74 Å². The average Bonchev–Trinajstić information content (AvgIpc) is 3.07. The molecule has 6 nitrogen and oxygen atoms in total. The molecule has 0 aliphatic carbocycles. The van der Waals surface area contributed by atoms with Crippen molar-refractivity contribution in [2.45, 2.75) is 11.5 Å². The van der Waals surface area contributed by atoms with Gasteiger partial charge in [0.2, 0.25) is 0 Å². The number of nitrogens with one attached hydrogen (secondary N) is 1. The van der Waals surface area contributed by atoms with Crippen LogP contribution in [0.3, 0.4) is 0 Å². The van der Waals surface area contributed by atoms with E-state index in [1.807, 2.05) is 24.3 Å². The maximum atomic E-state index is 11.4. The Kier molecular flexibility index (Phi) is 4.12. The summed E-state index contributed by atoms with van der Waals surface area (Å²) in [7, 11) is -3.22. The molecule has 2 aromatic heterocycles. The van der Waals surface area contributed by atoms with Gasteiger partial charge < -0.3 is 9.72 Å². The molecule has 3 aromatic rings. The van der Waals surface area contributed by atoms with E-state index in [-0.39, 0.29) is 11.5 Å². The van der Waals surface area contributed by atoms with Gasteiger partial charge >= 0.3 is 0 Å². The molecule has 0 radical (unpaired) electrons. The summed E-state index contributed by atoms with van der Waals surface area (Å²) in [5.41, 5.74) is 2.62. The summed E-state index contributed by atoms with van der Waals surface area (Å²) < 4.78 is 28.4. The molecular formula is C16H15N3O3S. The highest BCUT2D eigenvalue weighted by molar-refractivity contribution is 7.90. The summed E-state index contributed by atoms with van der Waals surface area (Å²) in [5, 5.41) is 0. The third kappa shape index (κ3) is 3.75. The second-order valence-corrected chi connectivity index (χ2v) is 7.05. The highest BCUT2D eigenvalue weighted by atomic mass is 32.2. The lowest BCUT2D eigenvalue weighted by molar-refractivity contribution is 0.301. The number of pyridine rings is 1. The zero-order chi connectivity index (χ0) is 16.3. The predicted molar refractivity (Wildman–Crippen MR) is 85.7 cm³/mol. The Morgan fingerprint density at radius 3 is 2.43 bits per heavy atom. The van der Waals surface area contributed by atoms with Crippen molar-refractivity contribution in [1.82, 2.24) is 15.0 Å². The van der Waals surface area contributed by atoms with Crippen LogP contribution in [0.5, 0.6) is 5.75 Å². The number of aromatic amines is 1. The van der Waals surface area contributed by atoms with E-state index < -0.39 is 9.84 Å². The van der Waals surface area contributed by atoms with Crippen molar-refractivity contribution in [3.05, 3.63) is 60.8 Å². The van der Waals surface area contributed by atoms with Crippen molar-refractivity contribution in [1.29, 1.82) is 0 Å². The van der Waals surface area contributed by atoms with Crippen LogP contribution in [-0.4, -0.2) is 29.6 Å². The Morgan fingerprint density at radius 1 is 1.09 bits per heavy atom. The van der Waals surface area contributed by atoms with Crippen molar-refractivity contribution in [2.24, 2.45) is 0 Å². The van der Waals surface area contributed by atoms with E-state index in [0.29, 0.717) is 11.4 Å². The summed E-state index contributed by atoms with van der Waals surface area (Å²) in [6.07, 6.45) is 5.88. The molecule has 3 rings (SSSR count). The molecule has 0 aliphatic rings. The molecule has 0 spiro atoms. The summed E-state index contributed by atoms with van der Waals surface area (Å²) in [5.74, 6) is 0.710. The first-order valence-electron chi connectivity index (χ1n) is 6.89. The molecule has 7 heteroatoms. The Bertz CT molecular complexity index is 871. The largest absolute Gasteiger partial charge is 0.487 e. The van der Waals surface area contributed by atoms with Crippen molar-refractivity contribution >= 4 is 9.84 Å². The van der Waals surface area contributed by atoms with Gasteiger partial charge in [-0.1, -0.05) is 0 Å². The van der Waals surface area contributed by atoms with Gasteiger partial charge in [0, 0.05) is 12.5 Å². The van der Waals surface area contributed by atoms with Gasteiger partial charge in [-0.2, -0.15) is 0 Å². The molecule has 0 aliphatic heterocycles. The van der Waals surface area contributed by atoms with Crippen molar-refractivity contribution in [3.8, 4) is 17.0 Å². The lowest BCUT2D eigenvalue weighted by Gasteiger charge is -2.07. The van der Waals surface area contributed by atoms with Crippen LogP contribution in [0.1, 0.15) is 5.69 Å². The first-order valence-corrected chi connectivity index (χ1v) is 8.78. The van der Waals surface area contributed by atoms with Crippen LogP contribution in [0, 0.1) is 0 Å². The van der Waals surface area contributed by atoms with E-state index in [0.717, 1.165) is 17.5 Å². The SMILES string of the molecule is CS(=O)(=O)c1ccc(COc2ccc(-c3cnc[nH]3)cc2)nc1. The first-order chi connectivity index (χ1) is 11.0. The number of imidazole rings is 1. The van der Waals surface area contributed by atoms with Gasteiger partial charge in [0.25, 0.3) is 0 Å². The third-order valence-corrected chi connectivity index (χ3v) is 4.37. The van der Waals surface area contributed by atoms with Gasteiger partial charge in [0.1, 0.15) is 12.4 Å². The molecule has 1 aromatic carbocycles. The third-order valence-electron chi connectivity index (χ3n) is 3.28. The zero-order valence-corrected chi connectivity index (χ0v) is 13.2. The Balaban J connectivity index is 1.64. The number of hydrogen-bond acceptors (Lipinski definition) is 5. The maximum absolute atomic E-state index is 11.4. The molecule has 0 atom stereocenters. The second-order valence-electron chi connectivity index (χ2n) is 5.04. The minimum Gasteiger partial charge on any atom is -0.487 e. The van der Waals surface area contributed by atoms with Crippen LogP contribution in [0.25, 0.3) is 11.3 Å². The lowest BCUT2D eigenvalue weighted by atomic mass is 10.2. The number of H-pyrrole nitrogens is 1. The van der Waals surface area contributed by atoms with E-state index in [1.54, 1.807) is 18.6 Å². The van der Waals surface area contributed by atoms with E-state index >= 15 is 0 Å². The minimum absolute atomic E-state index is 0.199. The van der Waals surface area contributed by atoms with Crippen molar-refractivity contribution in [3.63, 3.8) is 0 Å². The van der Waals surface area contributed by atoms with E-state index in [1.165, 1.54) is 12.3 Å². The number of hydrogen-bond donors (Lipinski definition) is 1. The quantitative estimate of drug-likeness (QED) is 0.777. The second kappa shape index (κ2) is 6.21. The number of ether oxygens (including phenoxy) is 1. The molecule has 0 bridgehead atoms. The fraction of sp³-hybridized carbons (Fsp3) is 0.125. The Morgan fingerprint density at radius 2 is 1.87 bits per heavy atom. The first kappa shape index (κ1) is 15.2. The minimum atomic E-state index is -3.22.